The van der Waals surface area contributed by atoms with Crippen molar-refractivity contribution in [1.29, 1.82) is 0 Å². The zero-order valence-corrected chi connectivity index (χ0v) is 12.9. The van der Waals surface area contributed by atoms with Crippen LogP contribution in [0.15, 0.2) is 24.3 Å². The van der Waals surface area contributed by atoms with Crippen LogP contribution in [0.5, 0.6) is 0 Å². The van der Waals surface area contributed by atoms with E-state index in [2.05, 4.69) is 0 Å². The number of rotatable bonds is 2. The van der Waals surface area contributed by atoms with E-state index in [9.17, 15) is 17.6 Å². The molecule has 3 rings (SSSR count). The Bertz CT molecular complexity index is 659. The Morgan fingerprint density at radius 3 is 2.64 bits per heavy atom. The van der Waals surface area contributed by atoms with Crippen LogP contribution in [0.2, 0.25) is 0 Å². The quantitative estimate of drug-likeness (QED) is 0.818. The number of sulfone groups is 1. The number of nitrogens with zero attached hydrogens (tertiary/aromatic N) is 1. The fraction of sp³-hybridized carbons (Fsp3) is 0.533. The van der Waals surface area contributed by atoms with Gasteiger partial charge in [-0.2, -0.15) is 0 Å². The zero-order chi connectivity index (χ0) is 15.7. The summed E-state index contributed by atoms with van der Waals surface area (Å²) in [5.74, 6) is -0.823. The molecular weight excluding hydrogens is 309 g/mol. The maximum Gasteiger partial charge on any atom is 0.226 e. The Kier molecular flexibility index (Phi) is 4.18. The first kappa shape index (κ1) is 15.4. The van der Waals surface area contributed by atoms with Crippen molar-refractivity contribution in [3.63, 3.8) is 0 Å². The molecule has 1 amide bonds. The van der Waals surface area contributed by atoms with E-state index in [0.717, 1.165) is 5.56 Å². The van der Waals surface area contributed by atoms with Crippen molar-refractivity contribution < 1.29 is 22.3 Å². The molecule has 0 unspecified atom stereocenters. The van der Waals surface area contributed by atoms with Crippen molar-refractivity contribution in [3.8, 4) is 0 Å². The molecule has 120 valence electrons. The normalized spacial score (nSPS) is 27.8. The summed E-state index contributed by atoms with van der Waals surface area (Å²) >= 11 is 0. The topological polar surface area (TPSA) is 63.7 Å². The van der Waals surface area contributed by atoms with Gasteiger partial charge in [0.2, 0.25) is 5.91 Å². The van der Waals surface area contributed by atoms with Gasteiger partial charge in [-0.25, -0.2) is 12.8 Å². The monoisotopic (exact) mass is 327 g/mol. The van der Waals surface area contributed by atoms with Gasteiger partial charge in [0.15, 0.2) is 9.84 Å². The highest BCUT2D eigenvalue weighted by Gasteiger charge is 2.37. The molecule has 0 aliphatic carbocycles. The van der Waals surface area contributed by atoms with Crippen molar-refractivity contribution in [2.24, 2.45) is 5.92 Å². The summed E-state index contributed by atoms with van der Waals surface area (Å²) in [5.41, 5.74) is 0.818. The van der Waals surface area contributed by atoms with Gasteiger partial charge in [0, 0.05) is 6.54 Å². The molecular formula is C15H18FNO4S. The van der Waals surface area contributed by atoms with E-state index < -0.39 is 15.8 Å². The number of carbonyl (C=O) groups is 1. The van der Waals surface area contributed by atoms with Gasteiger partial charge in [0.25, 0.3) is 0 Å². The molecule has 2 heterocycles. The Morgan fingerprint density at radius 2 is 2.00 bits per heavy atom. The van der Waals surface area contributed by atoms with Gasteiger partial charge in [-0.15, -0.1) is 0 Å². The highest BCUT2D eigenvalue weighted by molar-refractivity contribution is 7.91. The maximum atomic E-state index is 13.0. The van der Waals surface area contributed by atoms with Gasteiger partial charge >= 0.3 is 0 Å². The lowest BCUT2D eigenvalue weighted by molar-refractivity contribution is -0.142. The van der Waals surface area contributed by atoms with Crippen molar-refractivity contribution >= 4 is 15.7 Å². The summed E-state index contributed by atoms with van der Waals surface area (Å²) in [4.78, 5) is 14.1. The summed E-state index contributed by atoms with van der Waals surface area (Å²) < 4.78 is 41.7. The van der Waals surface area contributed by atoms with Crippen LogP contribution in [-0.4, -0.2) is 50.4 Å². The number of halogens is 1. The van der Waals surface area contributed by atoms with Crippen LogP contribution in [0.25, 0.3) is 0 Å². The average molecular weight is 327 g/mol. The van der Waals surface area contributed by atoms with Crippen LogP contribution in [0.4, 0.5) is 4.39 Å². The van der Waals surface area contributed by atoms with E-state index in [4.69, 9.17) is 4.74 Å². The lowest BCUT2D eigenvalue weighted by Crippen LogP contribution is -2.45. The second-order valence-electron chi connectivity index (χ2n) is 5.80. The third-order valence-corrected chi connectivity index (χ3v) is 5.97. The molecule has 2 fully saturated rings. The van der Waals surface area contributed by atoms with E-state index in [1.807, 2.05) is 0 Å². The van der Waals surface area contributed by atoms with Crippen molar-refractivity contribution in [2.75, 3.05) is 31.2 Å². The number of hydrogen-bond acceptors (Lipinski definition) is 4. The summed E-state index contributed by atoms with van der Waals surface area (Å²) in [6.45, 7) is 1.24. The van der Waals surface area contributed by atoms with E-state index >= 15 is 0 Å². The Hall–Kier alpha value is -1.47. The first-order chi connectivity index (χ1) is 10.4. The number of carbonyl (C=O) groups excluding carboxylic acids is 1. The molecule has 0 radical (unpaired) electrons. The predicted octanol–water partition coefficient (Wildman–Crippen LogP) is 1.16. The van der Waals surface area contributed by atoms with Crippen LogP contribution >= 0.6 is 0 Å². The standard InChI is InChI=1S/C15H18FNO4S/c16-13-3-1-11(2-4-13)14-9-17(6-7-21-14)15(18)12-5-8-22(19,20)10-12/h1-4,12,14H,5-10H2/t12-,14-/m1/s1. The van der Waals surface area contributed by atoms with E-state index in [1.165, 1.54) is 12.1 Å². The van der Waals surface area contributed by atoms with Crippen LogP contribution in [-0.2, 0) is 19.4 Å². The third-order valence-electron chi connectivity index (χ3n) is 4.20. The molecule has 2 aliphatic rings. The minimum Gasteiger partial charge on any atom is -0.370 e. The average Bonchev–Trinajstić information content (AvgIpc) is 2.87. The number of ether oxygens (including phenoxy) is 1. The maximum absolute atomic E-state index is 13.0. The molecule has 0 N–H and O–H groups in total. The fourth-order valence-electron chi connectivity index (χ4n) is 2.98. The molecule has 7 heteroatoms. The molecule has 5 nitrogen and oxygen atoms in total. The molecule has 0 spiro atoms. The first-order valence-electron chi connectivity index (χ1n) is 7.31. The lowest BCUT2D eigenvalue weighted by Gasteiger charge is -2.34. The summed E-state index contributed by atoms with van der Waals surface area (Å²) in [5, 5.41) is 0. The van der Waals surface area contributed by atoms with Crippen molar-refractivity contribution in [1.82, 2.24) is 4.90 Å². The predicted molar refractivity (Wildman–Crippen MR) is 78.4 cm³/mol. The van der Waals surface area contributed by atoms with Gasteiger partial charge in [-0.05, 0) is 24.1 Å². The van der Waals surface area contributed by atoms with Crippen molar-refractivity contribution in [2.45, 2.75) is 12.5 Å². The van der Waals surface area contributed by atoms with Gasteiger partial charge < -0.3 is 9.64 Å². The molecule has 1 aromatic rings. The number of hydrogen-bond donors (Lipinski definition) is 0. The van der Waals surface area contributed by atoms with Crippen LogP contribution < -0.4 is 0 Å². The van der Waals surface area contributed by atoms with Gasteiger partial charge in [-0.3, -0.25) is 4.79 Å². The van der Waals surface area contributed by atoms with Gasteiger partial charge in [0.05, 0.1) is 30.6 Å². The highest BCUT2D eigenvalue weighted by Crippen LogP contribution is 2.26. The van der Waals surface area contributed by atoms with E-state index in [1.54, 1.807) is 17.0 Å². The highest BCUT2D eigenvalue weighted by atomic mass is 32.2. The first-order valence-corrected chi connectivity index (χ1v) is 9.13. The lowest BCUT2D eigenvalue weighted by atomic mass is 10.0. The van der Waals surface area contributed by atoms with E-state index in [-0.39, 0.29) is 29.3 Å². The Labute approximate surface area is 129 Å². The zero-order valence-electron chi connectivity index (χ0n) is 12.1. The number of benzene rings is 1. The summed E-state index contributed by atoms with van der Waals surface area (Å²) in [6.07, 6.45) is 0.107. The Morgan fingerprint density at radius 1 is 1.27 bits per heavy atom. The molecule has 1 aromatic carbocycles. The molecule has 2 saturated heterocycles. The smallest absolute Gasteiger partial charge is 0.226 e. The molecule has 0 saturated carbocycles. The minimum absolute atomic E-state index is 0.0512. The minimum atomic E-state index is -3.07. The van der Waals surface area contributed by atoms with Crippen molar-refractivity contribution in [3.05, 3.63) is 35.6 Å². The summed E-state index contributed by atoms with van der Waals surface area (Å²) in [6, 6.07) is 6.02. The fourth-order valence-corrected chi connectivity index (χ4v) is 4.71. The molecule has 2 atom stereocenters. The SMILES string of the molecule is O=C([C@@H]1CCS(=O)(=O)C1)N1CCO[C@@H](c2ccc(F)cc2)C1. The number of morpholine rings is 1. The van der Waals surface area contributed by atoms with Crippen LogP contribution in [0, 0.1) is 11.7 Å². The second-order valence-corrected chi connectivity index (χ2v) is 8.02. The Balaban J connectivity index is 1.68. The largest absolute Gasteiger partial charge is 0.370 e. The van der Waals surface area contributed by atoms with Gasteiger partial charge in [0.1, 0.15) is 11.9 Å². The van der Waals surface area contributed by atoms with E-state index in [0.29, 0.717) is 26.1 Å². The molecule has 0 aromatic heterocycles. The van der Waals surface area contributed by atoms with Gasteiger partial charge in [-0.1, -0.05) is 12.1 Å². The third kappa shape index (κ3) is 3.30. The molecule has 0 bridgehead atoms. The second kappa shape index (κ2) is 5.96. The van der Waals surface area contributed by atoms with Crippen LogP contribution in [0.3, 0.4) is 0 Å². The number of amides is 1. The summed E-state index contributed by atoms with van der Waals surface area (Å²) in [7, 11) is -3.07. The molecule has 22 heavy (non-hydrogen) atoms. The molecule has 2 aliphatic heterocycles. The van der Waals surface area contributed by atoms with Crippen LogP contribution in [0.1, 0.15) is 18.1 Å².